The predicted molar refractivity (Wildman–Crippen MR) is 79.1 cm³/mol. The molecule has 0 aliphatic carbocycles. The third-order valence-electron chi connectivity index (χ3n) is 3.03. The van der Waals surface area contributed by atoms with Gasteiger partial charge in [-0.15, -0.1) is 0 Å². The number of aromatic nitrogens is 1. The Morgan fingerprint density at radius 2 is 2.10 bits per heavy atom. The van der Waals surface area contributed by atoms with Gasteiger partial charge in [-0.1, -0.05) is 0 Å². The topological polar surface area (TPSA) is 59.1 Å². The molecule has 0 spiro atoms. The first kappa shape index (κ1) is 14.7. The summed E-state index contributed by atoms with van der Waals surface area (Å²) in [5.74, 6) is -0.189. The molecule has 2 aromatic rings. The van der Waals surface area contributed by atoms with E-state index in [0.717, 1.165) is 11.1 Å². The molecule has 108 valence electrons. The van der Waals surface area contributed by atoms with Crippen molar-refractivity contribution in [3.8, 4) is 0 Å². The lowest BCUT2D eigenvalue weighted by Gasteiger charge is -2.16. The number of hydrogen-bond acceptors (Lipinski definition) is 4. The molecule has 1 atom stereocenters. The van der Waals surface area contributed by atoms with E-state index in [1.165, 1.54) is 18.4 Å². The van der Waals surface area contributed by atoms with Crippen LogP contribution in [-0.4, -0.2) is 31.5 Å². The maximum Gasteiger partial charge on any atom is 0.147 e. The Labute approximate surface area is 117 Å². The van der Waals surface area contributed by atoms with E-state index in [-0.39, 0.29) is 17.6 Å². The highest BCUT2D eigenvalue weighted by Crippen LogP contribution is 2.23. The fourth-order valence-corrected chi connectivity index (χ4v) is 2.76. The maximum atomic E-state index is 13.2. The van der Waals surface area contributed by atoms with Gasteiger partial charge in [0.1, 0.15) is 15.7 Å². The zero-order valence-corrected chi connectivity index (χ0v) is 12.2. The highest BCUT2D eigenvalue weighted by atomic mass is 32.2. The zero-order valence-electron chi connectivity index (χ0n) is 11.4. The van der Waals surface area contributed by atoms with E-state index < -0.39 is 9.84 Å². The van der Waals surface area contributed by atoms with Crippen molar-refractivity contribution in [2.45, 2.75) is 19.4 Å². The first-order valence-electron chi connectivity index (χ1n) is 6.34. The van der Waals surface area contributed by atoms with Crippen LogP contribution in [0, 0.1) is 5.82 Å². The van der Waals surface area contributed by atoms with E-state index in [1.807, 2.05) is 6.92 Å². The van der Waals surface area contributed by atoms with Gasteiger partial charge in [-0.05, 0) is 31.5 Å². The highest BCUT2D eigenvalue weighted by Gasteiger charge is 2.10. The van der Waals surface area contributed by atoms with E-state index in [9.17, 15) is 12.8 Å². The van der Waals surface area contributed by atoms with E-state index in [0.29, 0.717) is 11.9 Å². The molecule has 4 nitrogen and oxygen atoms in total. The molecule has 20 heavy (non-hydrogen) atoms. The summed E-state index contributed by atoms with van der Waals surface area (Å²) in [6, 6.07) is 6.23. The quantitative estimate of drug-likeness (QED) is 0.921. The van der Waals surface area contributed by atoms with Crippen LogP contribution in [0.4, 0.5) is 10.1 Å². The third kappa shape index (κ3) is 3.90. The van der Waals surface area contributed by atoms with E-state index >= 15 is 0 Å². The van der Waals surface area contributed by atoms with Gasteiger partial charge in [-0.25, -0.2) is 12.8 Å². The van der Waals surface area contributed by atoms with Crippen LogP contribution in [0.25, 0.3) is 10.9 Å². The Kier molecular flexibility index (Phi) is 4.23. The van der Waals surface area contributed by atoms with E-state index in [1.54, 1.807) is 18.3 Å². The van der Waals surface area contributed by atoms with Crippen LogP contribution in [0.15, 0.2) is 30.5 Å². The van der Waals surface area contributed by atoms with Crippen molar-refractivity contribution in [1.29, 1.82) is 0 Å². The van der Waals surface area contributed by atoms with Gasteiger partial charge in [-0.2, -0.15) is 0 Å². The average Bonchev–Trinajstić information content (AvgIpc) is 2.35. The van der Waals surface area contributed by atoms with Crippen molar-refractivity contribution in [1.82, 2.24) is 4.98 Å². The second kappa shape index (κ2) is 5.75. The lowest BCUT2D eigenvalue weighted by atomic mass is 10.1. The van der Waals surface area contributed by atoms with Gasteiger partial charge in [-0.3, -0.25) is 4.98 Å². The Morgan fingerprint density at radius 3 is 2.80 bits per heavy atom. The summed E-state index contributed by atoms with van der Waals surface area (Å²) in [7, 11) is -2.96. The Bertz CT molecular complexity index is 716. The van der Waals surface area contributed by atoms with Crippen molar-refractivity contribution in [2.75, 3.05) is 17.3 Å². The van der Waals surface area contributed by atoms with Crippen LogP contribution in [0.2, 0.25) is 0 Å². The molecule has 1 heterocycles. The summed E-state index contributed by atoms with van der Waals surface area (Å²) in [6.45, 7) is 1.92. The molecule has 0 radical (unpaired) electrons. The minimum absolute atomic E-state index is 0.000350. The molecule has 0 fully saturated rings. The number of halogens is 1. The van der Waals surface area contributed by atoms with Crippen LogP contribution in [0.5, 0.6) is 0 Å². The predicted octanol–water partition coefficient (Wildman–Crippen LogP) is 2.61. The summed E-state index contributed by atoms with van der Waals surface area (Å²) in [5.41, 5.74) is 1.40. The molecule has 0 aliphatic heterocycles. The van der Waals surface area contributed by atoms with E-state index in [4.69, 9.17) is 0 Å². The number of benzene rings is 1. The Morgan fingerprint density at radius 1 is 1.35 bits per heavy atom. The second-order valence-corrected chi connectivity index (χ2v) is 7.24. The minimum atomic E-state index is -2.96. The Hall–Kier alpha value is -1.69. The van der Waals surface area contributed by atoms with Crippen LogP contribution in [0.3, 0.4) is 0 Å². The maximum absolute atomic E-state index is 13.2. The molecule has 2 rings (SSSR count). The van der Waals surface area contributed by atoms with Crippen molar-refractivity contribution >= 4 is 26.4 Å². The standard InChI is InChI=1S/C14H17FN2O2S/c1-10(6-8-20(2,18)19)17-13-5-7-16-14-9-11(15)3-4-12(13)14/h3-5,7,9-10H,6,8H2,1-2H3,(H,16,17). The van der Waals surface area contributed by atoms with Gasteiger partial charge in [0.2, 0.25) is 0 Å². The first-order valence-corrected chi connectivity index (χ1v) is 8.40. The lowest BCUT2D eigenvalue weighted by Crippen LogP contribution is -2.19. The van der Waals surface area contributed by atoms with Gasteiger partial charge in [0, 0.05) is 35.6 Å². The van der Waals surface area contributed by atoms with Gasteiger partial charge in [0.25, 0.3) is 0 Å². The van der Waals surface area contributed by atoms with Crippen molar-refractivity contribution in [3.63, 3.8) is 0 Å². The van der Waals surface area contributed by atoms with E-state index in [2.05, 4.69) is 10.3 Å². The molecule has 1 N–H and O–H groups in total. The SMILES string of the molecule is CC(CCS(C)(=O)=O)Nc1ccnc2cc(F)ccc12. The molecule has 0 aliphatic rings. The van der Waals surface area contributed by atoms with Crippen LogP contribution in [0.1, 0.15) is 13.3 Å². The molecule has 0 saturated heterocycles. The molecule has 0 amide bonds. The smallest absolute Gasteiger partial charge is 0.147 e. The summed E-state index contributed by atoms with van der Waals surface area (Å²) >= 11 is 0. The van der Waals surface area contributed by atoms with Gasteiger partial charge in [0.05, 0.1) is 11.3 Å². The number of pyridine rings is 1. The summed E-state index contributed by atoms with van der Waals surface area (Å²) < 4.78 is 35.5. The summed E-state index contributed by atoms with van der Waals surface area (Å²) in [4.78, 5) is 4.12. The number of rotatable bonds is 5. The number of anilines is 1. The number of sulfone groups is 1. The zero-order chi connectivity index (χ0) is 14.8. The normalized spacial score (nSPS) is 13.3. The van der Waals surface area contributed by atoms with Crippen LogP contribution >= 0.6 is 0 Å². The van der Waals surface area contributed by atoms with Gasteiger partial charge >= 0.3 is 0 Å². The molecule has 1 unspecified atom stereocenters. The minimum Gasteiger partial charge on any atom is -0.382 e. The fourth-order valence-electron chi connectivity index (χ4n) is 1.98. The summed E-state index contributed by atoms with van der Waals surface area (Å²) in [5, 5.41) is 4.07. The van der Waals surface area contributed by atoms with Crippen molar-refractivity contribution < 1.29 is 12.8 Å². The highest BCUT2D eigenvalue weighted by molar-refractivity contribution is 7.90. The first-order chi connectivity index (χ1) is 9.35. The fraction of sp³-hybridized carbons (Fsp3) is 0.357. The van der Waals surface area contributed by atoms with Gasteiger partial charge in [0.15, 0.2) is 0 Å². The van der Waals surface area contributed by atoms with Crippen LogP contribution < -0.4 is 5.32 Å². The average molecular weight is 296 g/mol. The van der Waals surface area contributed by atoms with Crippen molar-refractivity contribution in [3.05, 3.63) is 36.3 Å². The lowest BCUT2D eigenvalue weighted by molar-refractivity contribution is 0.595. The number of nitrogens with zero attached hydrogens (tertiary/aromatic N) is 1. The molecular weight excluding hydrogens is 279 g/mol. The Balaban J connectivity index is 2.17. The monoisotopic (exact) mass is 296 g/mol. The molecule has 0 bridgehead atoms. The molecule has 6 heteroatoms. The second-order valence-electron chi connectivity index (χ2n) is 4.98. The number of nitrogens with one attached hydrogen (secondary N) is 1. The molecule has 1 aromatic carbocycles. The third-order valence-corrected chi connectivity index (χ3v) is 4.01. The molecular formula is C14H17FN2O2S. The summed E-state index contributed by atoms with van der Waals surface area (Å²) in [6.07, 6.45) is 3.35. The van der Waals surface area contributed by atoms with Crippen LogP contribution in [-0.2, 0) is 9.84 Å². The number of fused-ring (bicyclic) bond motifs is 1. The van der Waals surface area contributed by atoms with Gasteiger partial charge < -0.3 is 5.32 Å². The largest absolute Gasteiger partial charge is 0.382 e. The molecule has 1 aromatic heterocycles. The number of hydrogen-bond donors (Lipinski definition) is 1. The van der Waals surface area contributed by atoms with Crippen molar-refractivity contribution in [2.24, 2.45) is 0 Å². The molecule has 0 saturated carbocycles.